The van der Waals surface area contributed by atoms with E-state index in [0.717, 1.165) is 11.3 Å². The molecule has 1 aromatic carbocycles. The lowest BCUT2D eigenvalue weighted by Gasteiger charge is -2.25. The van der Waals surface area contributed by atoms with E-state index in [9.17, 15) is 9.90 Å². The van der Waals surface area contributed by atoms with E-state index in [1.165, 1.54) is 0 Å². The van der Waals surface area contributed by atoms with Gasteiger partial charge in [-0.15, -0.1) is 0 Å². The lowest BCUT2D eigenvalue weighted by molar-refractivity contribution is 0.0654. The third-order valence-corrected chi connectivity index (χ3v) is 2.85. The topological polar surface area (TPSA) is 61.4 Å². The van der Waals surface area contributed by atoms with Gasteiger partial charge in [-0.1, -0.05) is 39.0 Å². The van der Waals surface area contributed by atoms with E-state index >= 15 is 0 Å². The second kappa shape index (κ2) is 5.87. The van der Waals surface area contributed by atoms with E-state index in [2.05, 4.69) is 10.6 Å². The number of aliphatic hydroxyl groups is 1. The van der Waals surface area contributed by atoms with Crippen molar-refractivity contribution in [3.63, 3.8) is 0 Å². The number of nitrogens with one attached hydrogen (secondary N) is 2. The summed E-state index contributed by atoms with van der Waals surface area (Å²) in [4.78, 5) is 11.7. The third kappa shape index (κ3) is 4.37. The molecule has 3 N–H and O–H groups in total. The quantitative estimate of drug-likeness (QED) is 0.772. The monoisotopic (exact) mass is 250 g/mol. The smallest absolute Gasteiger partial charge is 0.319 e. The van der Waals surface area contributed by atoms with E-state index in [1.807, 2.05) is 52.0 Å². The maximum Gasteiger partial charge on any atom is 0.319 e. The minimum Gasteiger partial charge on any atom is -0.391 e. The van der Waals surface area contributed by atoms with Gasteiger partial charge in [-0.3, -0.25) is 0 Å². The molecule has 1 aromatic rings. The molecule has 18 heavy (non-hydrogen) atoms. The standard InChI is InChI=1S/C14H22N2O2/c1-10-7-5-6-8-11(10)16-13(18)15-9-12(17)14(2,3)4/h5-8,12,17H,9H2,1-4H3,(H2,15,16,18). The number of aliphatic hydroxyl groups excluding tert-OH is 1. The third-order valence-electron chi connectivity index (χ3n) is 2.85. The number of rotatable bonds is 3. The number of anilines is 1. The van der Waals surface area contributed by atoms with Crippen LogP contribution in [0.5, 0.6) is 0 Å². The SMILES string of the molecule is Cc1ccccc1NC(=O)NCC(O)C(C)(C)C. The van der Waals surface area contributed by atoms with Crippen LogP contribution in [0.1, 0.15) is 26.3 Å². The molecule has 1 atom stereocenters. The number of urea groups is 1. The molecule has 4 nitrogen and oxygen atoms in total. The minimum absolute atomic E-state index is 0.237. The maximum absolute atomic E-state index is 11.7. The van der Waals surface area contributed by atoms with E-state index in [4.69, 9.17) is 0 Å². The van der Waals surface area contributed by atoms with Gasteiger partial charge in [0.15, 0.2) is 0 Å². The van der Waals surface area contributed by atoms with Gasteiger partial charge >= 0.3 is 6.03 Å². The number of carbonyl (C=O) groups excluding carboxylic acids is 1. The maximum atomic E-state index is 11.7. The molecule has 0 saturated heterocycles. The van der Waals surface area contributed by atoms with Crippen molar-refractivity contribution in [1.29, 1.82) is 0 Å². The lowest BCUT2D eigenvalue weighted by atomic mass is 9.89. The first-order valence-corrected chi connectivity index (χ1v) is 6.09. The first kappa shape index (κ1) is 14.5. The summed E-state index contributed by atoms with van der Waals surface area (Å²) in [6.07, 6.45) is -0.569. The van der Waals surface area contributed by atoms with Crippen molar-refractivity contribution in [2.24, 2.45) is 5.41 Å². The molecule has 1 rings (SSSR count). The second-order valence-electron chi connectivity index (χ2n) is 5.53. The number of aryl methyl sites for hydroxylation is 1. The van der Waals surface area contributed by atoms with Gasteiger partial charge in [0, 0.05) is 12.2 Å². The summed E-state index contributed by atoms with van der Waals surface area (Å²) in [5, 5.41) is 15.2. The summed E-state index contributed by atoms with van der Waals surface area (Å²) in [6.45, 7) is 7.95. The molecule has 0 bridgehead atoms. The molecule has 2 amide bonds. The molecule has 0 aliphatic heterocycles. The predicted molar refractivity (Wildman–Crippen MR) is 73.7 cm³/mol. The van der Waals surface area contributed by atoms with Crippen molar-refractivity contribution < 1.29 is 9.90 Å². The molecule has 0 aliphatic rings. The first-order chi connectivity index (χ1) is 8.30. The molecule has 0 spiro atoms. The molecular formula is C14H22N2O2. The van der Waals surface area contributed by atoms with Crippen molar-refractivity contribution in [2.45, 2.75) is 33.8 Å². The number of amides is 2. The van der Waals surface area contributed by atoms with Gasteiger partial charge in [0.25, 0.3) is 0 Å². The molecule has 0 radical (unpaired) electrons. The van der Waals surface area contributed by atoms with Crippen molar-refractivity contribution >= 4 is 11.7 Å². The minimum atomic E-state index is -0.569. The Morgan fingerprint density at radius 1 is 1.33 bits per heavy atom. The highest BCUT2D eigenvalue weighted by molar-refractivity contribution is 5.89. The Morgan fingerprint density at radius 2 is 1.94 bits per heavy atom. The normalized spacial score (nSPS) is 12.9. The average Bonchev–Trinajstić information content (AvgIpc) is 2.27. The van der Waals surface area contributed by atoms with Crippen LogP contribution in [0.3, 0.4) is 0 Å². The van der Waals surface area contributed by atoms with Crippen molar-refractivity contribution in [3.05, 3.63) is 29.8 Å². The second-order valence-corrected chi connectivity index (χ2v) is 5.53. The number of carbonyl (C=O) groups is 1. The summed E-state index contributed by atoms with van der Waals surface area (Å²) in [5.74, 6) is 0. The van der Waals surface area contributed by atoms with Crippen LogP contribution in [0, 0.1) is 12.3 Å². The fourth-order valence-corrected chi connectivity index (χ4v) is 1.38. The molecule has 4 heteroatoms. The molecule has 1 unspecified atom stereocenters. The Labute approximate surface area is 108 Å². The molecular weight excluding hydrogens is 228 g/mol. The van der Waals surface area contributed by atoms with Crippen LogP contribution >= 0.6 is 0 Å². The number of para-hydroxylation sites is 1. The van der Waals surface area contributed by atoms with Crippen LogP contribution in [0.25, 0.3) is 0 Å². The van der Waals surface area contributed by atoms with Gasteiger partial charge in [-0.2, -0.15) is 0 Å². The van der Waals surface area contributed by atoms with Crippen LogP contribution in [0.15, 0.2) is 24.3 Å². The Bertz CT molecular complexity index is 411. The Balaban J connectivity index is 2.46. The molecule has 100 valence electrons. The van der Waals surface area contributed by atoms with Crippen molar-refractivity contribution in [1.82, 2.24) is 5.32 Å². The lowest BCUT2D eigenvalue weighted by Crippen LogP contribution is -2.40. The van der Waals surface area contributed by atoms with Crippen molar-refractivity contribution in [2.75, 3.05) is 11.9 Å². The fourth-order valence-electron chi connectivity index (χ4n) is 1.38. The van der Waals surface area contributed by atoms with Crippen LogP contribution in [0.4, 0.5) is 10.5 Å². The van der Waals surface area contributed by atoms with Gasteiger partial charge in [0.1, 0.15) is 0 Å². The largest absolute Gasteiger partial charge is 0.391 e. The zero-order valence-corrected chi connectivity index (χ0v) is 11.4. The van der Waals surface area contributed by atoms with E-state index in [1.54, 1.807) is 0 Å². The highest BCUT2D eigenvalue weighted by Gasteiger charge is 2.22. The zero-order chi connectivity index (χ0) is 13.8. The van der Waals surface area contributed by atoms with Crippen LogP contribution in [-0.2, 0) is 0 Å². The van der Waals surface area contributed by atoms with E-state index in [0.29, 0.717) is 0 Å². The van der Waals surface area contributed by atoms with Crippen molar-refractivity contribution in [3.8, 4) is 0 Å². The van der Waals surface area contributed by atoms with Crippen LogP contribution < -0.4 is 10.6 Å². The predicted octanol–water partition coefficient (Wildman–Crippen LogP) is 2.52. The molecule has 0 fully saturated rings. The molecule has 0 aromatic heterocycles. The van der Waals surface area contributed by atoms with E-state index < -0.39 is 6.10 Å². The molecule has 0 aliphatic carbocycles. The average molecular weight is 250 g/mol. The number of hydrogen-bond acceptors (Lipinski definition) is 2. The Hall–Kier alpha value is -1.55. The number of benzene rings is 1. The van der Waals surface area contributed by atoms with Crippen LogP contribution in [0.2, 0.25) is 0 Å². The summed E-state index contributed by atoms with van der Waals surface area (Å²) in [5.41, 5.74) is 1.54. The van der Waals surface area contributed by atoms with E-state index in [-0.39, 0.29) is 18.0 Å². The fraction of sp³-hybridized carbons (Fsp3) is 0.500. The van der Waals surface area contributed by atoms with Gasteiger partial charge in [0.2, 0.25) is 0 Å². The van der Waals surface area contributed by atoms with Gasteiger partial charge < -0.3 is 15.7 Å². The Morgan fingerprint density at radius 3 is 2.50 bits per heavy atom. The highest BCUT2D eigenvalue weighted by Crippen LogP contribution is 2.18. The van der Waals surface area contributed by atoms with Gasteiger partial charge in [-0.05, 0) is 24.0 Å². The Kier molecular flexibility index (Phi) is 4.73. The summed E-state index contributed by atoms with van der Waals surface area (Å²) in [6, 6.07) is 7.26. The van der Waals surface area contributed by atoms with Gasteiger partial charge in [0.05, 0.1) is 6.10 Å². The summed E-state index contributed by atoms with van der Waals surface area (Å²) in [7, 11) is 0. The number of hydrogen-bond donors (Lipinski definition) is 3. The highest BCUT2D eigenvalue weighted by atomic mass is 16.3. The van der Waals surface area contributed by atoms with Gasteiger partial charge in [-0.25, -0.2) is 4.79 Å². The molecule has 0 saturated carbocycles. The summed E-state index contributed by atoms with van der Waals surface area (Å²) < 4.78 is 0. The zero-order valence-electron chi connectivity index (χ0n) is 11.4. The first-order valence-electron chi connectivity index (χ1n) is 6.09. The van der Waals surface area contributed by atoms with Crippen LogP contribution in [-0.4, -0.2) is 23.8 Å². The summed E-state index contributed by atoms with van der Waals surface area (Å²) >= 11 is 0. The molecule has 0 heterocycles.